The molecule has 5 nitrogen and oxygen atoms in total. The van der Waals surface area contributed by atoms with E-state index < -0.39 is 5.97 Å². The number of carboxylic acids is 1. The Balaban J connectivity index is 2.03. The van der Waals surface area contributed by atoms with Crippen molar-refractivity contribution in [2.45, 2.75) is 44.4 Å². The molecule has 1 N–H and O–H groups in total. The first-order valence-corrected chi connectivity index (χ1v) is 6.00. The summed E-state index contributed by atoms with van der Waals surface area (Å²) in [5, 5.41) is 16.3. The summed E-state index contributed by atoms with van der Waals surface area (Å²) in [5.74, 6) is 0.250. The van der Waals surface area contributed by atoms with Crippen LogP contribution in [0.1, 0.15) is 56.2 Å². The lowest BCUT2D eigenvalue weighted by molar-refractivity contribution is -0.131. The Morgan fingerprint density at radius 3 is 2.59 bits per heavy atom. The number of aliphatic carboxylic acids is 1. The number of hydrogen-bond acceptors (Lipinski definition) is 4. The molecule has 1 heterocycles. The van der Waals surface area contributed by atoms with Crippen LogP contribution >= 0.6 is 0 Å². The first kappa shape index (κ1) is 11.8. The van der Waals surface area contributed by atoms with Crippen LogP contribution in [0.15, 0.2) is 10.5 Å². The fourth-order valence-electron chi connectivity index (χ4n) is 2.15. The van der Waals surface area contributed by atoms with E-state index in [1.807, 2.05) is 0 Å². The van der Waals surface area contributed by atoms with E-state index in [1.54, 1.807) is 0 Å². The maximum atomic E-state index is 10.3. The zero-order chi connectivity index (χ0) is 12.1. The summed E-state index contributed by atoms with van der Waals surface area (Å²) in [7, 11) is 0. The van der Waals surface area contributed by atoms with Gasteiger partial charge in [0.1, 0.15) is 0 Å². The molecule has 1 aliphatic rings. The van der Waals surface area contributed by atoms with E-state index >= 15 is 0 Å². The van der Waals surface area contributed by atoms with E-state index in [2.05, 4.69) is 10.2 Å². The quantitative estimate of drug-likeness (QED) is 0.644. The first-order chi connectivity index (χ1) is 8.25. The van der Waals surface area contributed by atoms with Gasteiger partial charge >= 0.3 is 5.97 Å². The molecule has 1 saturated carbocycles. The molecule has 0 atom stereocenters. The molecule has 1 aromatic rings. The minimum atomic E-state index is -1.01. The van der Waals surface area contributed by atoms with Crippen LogP contribution in [0.3, 0.4) is 0 Å². The van der Waals surface area contributed by atoms with E-state index in [0.29, 0.717) is 11.8 Å². The first-order valence-electron chi connectivity index (χ1n) is 6.00. The molecular weight excluding hydrogens is 220 g/mol. The van der Waals surface area contributed by atoms with Gasteiger partial charge in [-0.15, -0.1) is 10.2 Å². The van der Waals surface area contributed by atoms with Gasteiger partial charge < -0.3 is 9.52 Å². The third-order valence-corrected chi connectivity index (χ3v) is 3.03. The third-order valence-electron chi connectivity index (χ3n) is 3.03. The molecule has 0 radical (unpaired) electrons. The second-order valence-electron chi connectivity index (χ2n) is 4.34. The van der Waals surface area contributed by atoms with Crippen LogP contribution in [0.25, 0.3) is 6.08 Å². The molecular formula is C12H16N2O3. The highest BCUT2D eigenvalue weighted by atomic mass is 16.4. The Morgan fingerprint density at radius 1 is 1.24 bits per heavy atom. The maximum absolute atomic E-state index is 10.3. The van der Waals surface area contributed by atoms with E-state index in [9.17, 15) is 4.79 Å². The highest BCUT2D eigenvalue weighted by Gasteiger charge is 2.19. The molecule has 1 aliphatic carbocycles. The Morgan fingerprint density at radius 2 is 1.94 bits per heavy atom. The fraction of sp³-hybridized carbons (Fsp3) is 0.583. The average molecular weight is 236 g/mol. The lowest BCUT2D eigenvalue weighted by atomic mass is 10.0. The van der Waals surface area contributed by atoms with Crippen molar-refractivity contribution < 1.29 is 14.3 Å². The number of carboxylic acid groups (broad SMARTS) is 1. The molecule has 5 heteroatoms. The third kappa shape index (κ3) is 3.41. The van der Waals surface area contributed by atoms with Gasteiger partial charge in [-0.05, 0) is 12.8 Å². The summed E-state index contributed by atoms with van der Waals surface area (Å²) in [6.45, 7) is 0. The Bertz CT molecular complexity index is 404. The second-order valence-corrected chi connectivity index (χ2v) is 4.34. The molecule has 0 saturated heterocycles. The predicted molar refractivity (Wildman–Crippen MR) is 61.4 cm³/mol. The van der Waals surface area contributed by atoms with Gasteiger partial charge in [-0.2, -0.15) is 0 Å². The number of hydrogen-bond donors (Lipinski definition) is 1. The van der Waals surface area contributed by atoms with Crippen LogP contribution in [0.4, 0.5) is 0 Å². The molecule has 0 unspecified atom stereocenters. The molecule has 1 fully saturated rings. The lowest BCUT2D eigenvalue weighted by Crippen LogP contribution is -1.97. The topological polar surface area (TPSA) is 76.2 Å². The fourth-order valence-corrected chi connectivity index (χ4v) is 2.15. The van der Waals surface area contributed by atoms with Gasteiger partial charge in [0.2, 0.25) is 11.8 Å². The van der Waals surface area contributed by atoms with Gasteiger partial charge in [-0.25, -0.2) is 4.79 Å². The number of aromatic nitrogens is 2. The van der Waals surface area contributed by atoms with Gasteiger partial charge in [-0.1, -0.05) is 25.7 Å². The van der Waals surface area contributed by atoms with Crippen molar-refractivity contribution in [1.29, 1.82) is 0 Å². The molecule has 0 aliphatic heterocycles. The minimum absolute atomic E-state index is 0.270. The predicted octanol–water partition coefficient (Wildman–Crippen LogP) is 2.61. The molecule has 0 bridgehead atoms. The van der Waals surface area contributed by atoms with Crippen molar-refractivity contribution in [1.82, 2.24) is 10.2 Å². The normalized spacial score (nSPS) is 18.4. The van der Waals surface area contributed by atoms with Crippen LogP contribution in [0.5, 0.6) is 0 Å². The van der Waals surface area contributed by atoms with Crippen molar-refractivity contribution in [3.8, 4) is 0 Å². The number of rotatable bonds is 3. The summed E-state index contributed by atoms with van der Waals surface area (Å²) < 4.78 is 5.46. The SMILES string of the molecule is O=C(O)/C=C/c1nnc(C2CCCCCC2)o1. The molecule has 1 aromatic heterocycles. The van der Waals surface area contributed by atoms with Crippen molar-refractivity contribution >= 4 is 12.0 Å². The second kappa shape index (κ2) is 5.61. The van der Waals surface area contributed by atoms with Gasteiger partial charge in [0, 0.05) is 18.1 Å². The molecule has 0 spiro atoms. The standard InChI is InChI=1S/C12H16N2O3/c15-11(16)8-7-10-13-14-12(17-10)9-5-3-1-2-4-6-9/h7-9H,1-6H2,(H,15,16)/b8-7+. The van der Waals surface area contributed by atoms with Crippen molar-refractivity contribution in [2.75, 3.05) is 0 Å². The smallest absolute Gasteiger partial charge is 0.328 e. The molecule has 2 rings (SSSR count). The van der Waals surface area contributed by atoms with Gasteiger partial charge in [-0.3, -0.25) is 0 Å². The van der Waals surface area contributed by atoms with Crippen LogP contribution in [-0.2, 0) is 4.79 Å². The van der Waals surface area contributed by atoms with Gasteiger partial charge in [0.15, 0.2) is 0 Å². The summed E-state index contributed by atoms with van der Waals surface area (Å²) in [6.07, 6.45) is 9.46. The largest absolute Gasteiger partial charge is 0.478 e. The molecule has 17 heavy (non-hydrogen) atoms. The van der Waals surface area contributed by atoms with E-state index in [1.165, 1.54) is 31.8 Å². The summed E-state index contributed by atoms with van der Waals surface area (Å²) in [5.41, 5.74) is 0. The average Bonchev–Trinajstić information content (AvgIpc) is 2.60. The van der Waals surface area contributed by atoms with Crippen LogP contribution in [-0.4, -0.2) is 21.3 Å². The molecule has 0 aromatic carbocycles. The maximum Gasteiger partial charge on any atom is 0.328 e. The highest BCUT2D eigenvalue weighted by molar-refractivity contribution is 5.84. The molecule has 0 amide bonds. The summed E-state index contributed by atoms with van der Waals surface area (Å²) in [4.78, 5) is 10.3. The van der Waals surface area contributed by atoms with Gasteiger partial charge in [0.25, 0.3) is 0 Å². The van der Waals surface area contributed by atoms with Crippen LogP contribution < -0.4 is 0 Å². The minimum Gasteiger partial charge on any atom is -0.478 e. The van der Waals surface area contributed by atoms with E-state index in [0.717, 1.165) is 18.9 Å². The highest BCUT2D eigenvalue weighted by Crippen LogP contribution is 2.30. The van der Waals surface area contributed by atoms with Crippen molar-refractivity contribution in [3.63, 3.8) is 0 Å². The van der Waals surface area contributed by atoms with E-state index in [-0.39, 0.29) is 5.89 Å². The number of nitrogens with zero attached hydrogens (tertiary/aromatic N) is 2. The lowest BCUT2D eigenvalue weighted by Gasteiger charge is -2.07. The van der Waals surface area contributed by atoms with Crippen molar-refractivity contribution in [3.05, 3.63) is 17.9 Å². The van der Waals surface area contributed by atoms with Gasteiger partial charge in [0.05, 0.1) is 0 Å². The zero-order valence-electron chi connectivity index (χ0n) is 9.63. The van der Waals surface area contributed by atoms with E-state index in [4.69, 9.17) is 9.52 Å². The monoisotopic (exact) mass is 236 g/mol. The Labute approximate surface area is 99.5 Å². The van der Waals surface area contributed by atoms with Crippen LogP contribution in [0, 0.1) is 0 Å². The zero-order valence-corrected chi connectivity index (χ0v) is 9.63. The van der Waals surface area contributed by atoms with Crippen LogP contribution in [0.2, 0.25) is 0 Å². The number of carbonyl (C=O) groups is 1. The summed E-state index contributed by atoms with van der Waals surface area (Å²) >= 11 is 0. The van der Waals surface area contributed by atoms with Crippen molar-refractivity contribution in [2.24, 2.45) is 0 Å². The molecule has 92 valence electrons. The Kier molecular flexibility index (Phi) is 3.90. The Hall–Kier alpha value is -1.65. The summed E-state index contributed by atoms with van der Waals surface area (Å²) in [6, 6.07) is 0.